The van der Waals surface area contributed by atoms with Gasteiger partial charge in [-0.3, -0.25) is 32.9 Å². The van der Waals surface area contributed by atoms with E-state index in [4.69, 9.17) is 0 Å². The zero-order valence-corrected chi connectivity index (χ0v) is 60.7. The van der Waals surface area contributed by atoms with E-state index in [2.05, 4.69) is 118 Å². The third-order valence-corrected chi connectivity index (χ3v) is 27.3. The Morgan fingerprint density at radius 2 is 0.471 bits per heavy atom. The lowest BCUT2D eigenvalue weighted by atomic mass is 9.74. The molecule has 0 N–H and O–H groups in total. The summed E-state index contributed by atoms with van der Waals surface area (Å²) in [5.74, 6) is 26.9. The van der Waals surface area contributed by atoms with Gasteiger partial charge in [0.15, 0.2) is 0 Å². The molecule has 14 saturated carbocycles. The van der Waals surface area contributed by atoms with E-state index in [1.165, 1.54) is 134 Å². The van der Waals surface area contributed by atoms with Gasteiger partial charge >= 0.3 is 0 Å². The number of fused-ring (bicyclic) bond motifs is 7. The Hall–Kier alpha value is -0.490. The maximum atomic E-state index is 2.43. The molecular weight excluding hydrogens is 1090 g/mol. The van der Waals surface area contributed by atoms with Crippen LogP contribution in [-0.4, -0.2) is 0 Å². The molecule has 7 heteroatoms. The van der Waals surface area contributed by atoms with Crippen LogP contribution in [0.15, 0.2) is 0 Å². The fourth-order valence-corrected chi connectivity index (χ4v) is 22.9. The van der Waals surface area contributed by atoms with Gasteiger partial charge in [0.1, 0.15) is 0 Å². The second kappa shape index (κ2) is 40.7. The molecule has 0 amide bonds. The first-order chi connectivity index (χ1) is 38.0. The van der Waals surface area contributed by atoms with Crippen LogP contribution in [-0.2, 0) is 0 Å². The van der Waals surface area contributed by atoms with Crippen molar-refractivity contribution in [2.24, 2.45) is 159 Å². The zero-order chi connectivity index (χ0) is 57.9. The molecule has 14 fully saturated rings. The minimum atomic E-state index is 0. The molecule has 16 unspecified atom stereocenters. The summed E-state index contributed by atoms with van der Waals surface area (Å²) in [6, 6.07) is 0. The van der Waals surface area contributed by atoms with E-state index in [9.17, 15) is 0 Å². The van der Waals surface area contributed by atoms with Crippen molar-refractivity contribution in [2.75, 3.05) is 0 Å². The lowest BCUT2D eigenvalue weighted by Gasteiger charge is -2.32. The van der Waals surface area contributed by atoms with Crippen LogP contribution in [0.25, 0.3) is 0 Å². The van der Waals surface area contributed by atoms with Gasteiger partial charge in [-0.25, -0.2) is 0 Å². The molecular formula is C80H155F7. The maximum absolute atomic E-state index is 2.43. The van der Waals surface area contributed by atoms with E-state index in [0.29, 0.717) is 10.8 Å². The highest BCUT2D eigenvalue weighted by atomic mass is 19.0. The number of rotatable bonds is 4. The summed E-state index contributed by atoms with van der Waals surface area (Å²) in [6.45, 7) is 40.3. The summed E-state index contributed by atoms with van der Waals surface area (Å²) in [7, 11) is 0. The predicted molar refractivity (Wildman–Crippen MR) is 372 cm³/mol. The van der Waals surface area contributed by atoms with Crippen molar-refractivity contribution >= 4 is 0 Å². The van der Waals surface area contributed by atoms with Crippen LogP contribution in [0.5, 0.6) is 0 Å². The molecule has 14 aliphatic carbocycles. The SMILES string of the molecule is C1CC2CCCC2C1.CC(C)(C)C1CC2CCCC2C1.CC(C)(C)C1CCC2CCCC21.CC(C)C.CC(C)C1CC2CCCC2C1.CC(C)C1CCC2CCCC21.CC(C)C1CCC2CCCC21.CC(C)C1CCC2CCCC21.F.F.F.F.F.F.F. The Balaban J connectivity index is 0.000000970. The van der Waals surface area contributed by atoms with Crippen molar-refractivity contribution in [2.45, 2.75) is 349 Å². The fraction of sp³-hybridized carbons (Fsp3) is 1.00. The largest absolute Gasteiger partial charge is 0.269 e. The highest BCUT2D eigenvalue weighted by Gasteiger charge is 2.46. The van der Waals surface area contributed by atoms with Crippen LogP contribution in [0.1, 0.15) is 349 Å². The van der Waals surface area contributed by atoms with E-state index in [1.54, 1.807) is 109 Å². The molecule has 87 heavy (non-hydrogen) atoms. The van der Waals surface area contributed by atoms with Crippen LogP contribution >= 0.6 is 0 Å². The lowest BCUT2D eigenvalue weighted by Crippen LogP contribution is -2.24. The summed E-state index contributed by atoms with van der Waals surface area (Å²) in [5.41, 5.74) is 1.15. The van der Waals surface area contributed by atoms with Gasteiger partial charge in [-0.1, -0.05) is 246 Å². The number of hydrogen-bond acceptors (Lipinski definition) is 0. The normalized spacial score (nSPS) is 38.0. The van der Waals surface area contributed by atoms with Gasteiger partial charge in [0.2, 0.25) is 0 Å². The van der Waals surface area contributed by atoms with E-state index >= 15 is 0 Å². The number of hydrogen-bond donors (Lipinski definition) is 0. The van der Waals surface area contributed by atoms with Crippen molar-refractivity contribution in [1.82, 2.24) is 0 Å². The summed E-state index contributed by atoms with van der Waals surface area (Å²) in [5, 5.41) is 0. The van der Waals surface area contributed by atoms with Crippen LogP contribution in [0.3, 0.4) is 0 Å². The highest BCUT2D eigenvalue weighted by molar-refractivity contribution is 4.96. The Morgan fingerprint density at radius 3 is 0.747 bits per heavy atom. The molecule has 0 bridgehead atoms. The first kappa shape index (κ1) is 86.5. The van der Waals surface area contributed by atoms with Gasteiger partial charge in [0.25, 0.3) is 0 Å². The van der Waals surface area contributed by atoms with Gasteiger partial charge < -0.3 is 0 Å². The van der Waals surface area contributed by atoms with Gasteiger partial charge in [-0.15, -0.1) is 0 Å². The maximum Gasteiger partial charge on any atom is -0.0334 e. The monoisotopic (exact) mass is 1250 g/mol. The quantitative estimate of drug-likeness (QED) is 0.246. The van der Waals surface area contributed by atoms with Gasteiger partial charge in [0.05, 0.1) is 0 Å². The summed E-state index contributed by atoms with van der Waals surface area (Å²) in [4.78, 5) is 0. The Bertz CT molecular complexity index is 1590. The van der Waals surface area contributed by atoms with Gasteiger partial charge in [-0.2, -0.15) is 0 Å². The average molecular weight is 1250 g/mol. The van der Waals surface area contributed by atoms with Crippen molar-refractivity contribution in [3.05, 3.63) is 0 Å². The Labute approximate surface area is 538 Å². The molecule has 0 aliphatic heterocycles. The second-order valence-corrected chi connectivity index (χ2v) is 36.5. The zero-order valence-electron chi connectivity index (χ0n) is 60.7. The molecule has 0 heterocycles. The molecule has 0 spiro atoms. The molecule has 16 atom stereocenters. The smallest absolute Gasteiger partial charge is 0.0334 e. The first-order valence-corrected chi connectivity index (χ1v) is 38.0. The summed E-state index contributed by atoms with van der Waals surface area (Å²) in [6.07, 6.45) is 55.5. The molecule has 14 aliphatic rings. The van der Waals surface area contributed by atoms with E-state index in [0.717, 1.165) is 136 Å². The molecule has 0 saturated heterocycles. The van der Waals surface area contributed by atoms with Crippen molar-refractivity contribution < 1.29 is 32.9 Å². The third-order valence-electron chi connectivity index (χ3n) is 27.3. The molecule has 524 valence electrons. The molecule has 0 aromatic carbocycles. The fourth-order valence-electron chi connectivity index (χ4n) is 22.9. The lowest BCUT2D eigenvalue weighted by molar-refractivity contribution is 0.176. The van der Waals surface area contributed by atoms with E-state index in [-0.39, 0.29) is 32.9 Å². The van der Waals surface area contributed by atoms with E-state index < -0.39 is 0 Å². The molecule has 0 aromatic heterocycles. The Kier molecular flexibility index (Phi) is 40.5. The molecule has 0 aromatic rings. The molecule has 0 radical (unpaired) electrons. The van der Waals surface area contributed by atoms with Gasteiger partial charge in [-0.05, 0) is 262 Å². The third kappa shape index (κ3) is 24.7. The Morgan fingerprint density at radius 1 is 0.230 bits per heavy atom. The van der Waals surface area contributed by atoms with Crippen LogP contribution in [0.4, 0.5) is 32.9 Å². The van der Waals surface area contributed by atoms with Crippen LogP contribution in [0.2, 0.25) is 0 Å². The van der Waals surface area contributed by atoms with Crippen LogP contribution in [0, 0.1) is 159 Å². The number of halogens is 7. The minimum absolute atomic E-state index is 0. The average Bonchev–Trinajstić information content (AvgIpc) is 3.39. The highest BCUT2D eigenvalue weighted by Crippen LogP contribution is 2.56. The second-order valence-electron chi connectivity index (χ2n) is 36.5. The van der Waals surface area contributed by atoms with Crippen LogP contribution < -0.4 is 0 Å². The van der Waals surface area contributed by atoms with Crippen molar-refractivity contribution in [3.63, 3.8) is 0 Å². The van der Waals surface area contributed by atoms with Gasteiger partial charge in [0, 0.05) is 0 Å². The standard InChI is InChI=1S/2C12H22.4C11H20.C8H14.C4H10.7FH/c1-12(2,3)11-7-9-5-4-6-10(9)8-11;1-12(2,3)11-8-7-9-5-4-6-10(9)11;1-8(2)11-6-9-4-3-5-10(9)7-11;3*1-8(2)10-7-6-9-4-3-5-11(9)10;1-3-7-5-2-6-8(7)4-1;1-4(2)3;;;;;;;/h2*9-11H,4-8H2,1-3H3;4*8-11H,3-7H2,1-2H3;7-8H,1-6H2;4H,1-3H3;7*1H. The van der Waals surface area contributed by atoms with E-state index in [1.807, 2.05) is 0 Å². The molecule has 14 rings (SSSR count). The molecule has 0 nitrogen and oxygen atoms in total. The topological polar surface area (TPSA) is 0 Å². The predicted octanol–water partition coefficient (Wildman–Crippen LogP) is 26.9. The first-order valence-electron chi connectivity index (χ1n) is 38.0. The minimum Gasteiger partial charge on any atom is -0.269 e. The summed E-state index contributed by atoms with van der Waals surface area (Å²) < 4.78 is 0. The van der Waals surface area contributed by atoms with Crippen molar-refractivity contribution in [1.29, 1.82) is 0 Å². The summed E-state index contributed by atoms with van der Waals surface area (Å²) >= 11 is 0. The van der Waals surface area contributed by atoms with Crippen molar-refractivity contribution in [3.8, 4) is 0 Å².